The predicted molar refractivity (Wildman–Crippen MR) is 82.3 cm³/mol. The molecule has 1 aromatic carbocycles. The van der Waals surface area contributed by atoms with E-state index in [1.165, 1.54) is 12.1 Å². The maximum atomic E-state index is 12.0. The quantitative estimate of drug-likeness (QED) is 0.406. The van der Waals surface area contributed by atoms with Gasteiger partial charge in [-0.3, -0.25) is 4.79 Å². The van der Waals surface area contributed by atoms with Crippen molar-refractivity contribution in [3.05, 3.63) is 29.8 Å². The van der Waals surface area contributed by atoms with Crippen LogP contribution in [0.4, 0.5) is 0 Å². The van der Waals surface area contributed by atoms with Crippen molar-refractivity contribution in [1.82, 2.24) is 5.32 Å². The second kappa shape index (κ2) is 9.01. The summed E-state index contributed by atoms with van der Waals surface area (Å²) in [6.07, 6.45) is 1.92. The number of nitrogens with one attached hydrogen (secondary N) is 1. The van der Waals surface area contributed by atoms with E-state index in [9.17, 15) is 14.7 Å². The minimum absolute atomic E-state index is 0.132. The van der Waals surface area contributed by atoms with Crippen molar-refractivity contribution in [2.45, 2.75) is 37.8 Å². The smallest absolute Gasteiger partial charge is 0.326 e. The molecule has 7 nitrogen and oxygen atoms in total. The first-order valence-electron chi connectivity index (χ1n) is 7.20. The Bertz CT molecular complexity index is 490. The van der Waals surface area contributed by atoms with E-state index in [1.54, 1.807) is 12.1 Å². The second-order valence-corrected chi connectivity index (χ2v) is 5.16. The number of unbranched alkanes of at least 4 members (excludes halogenated alkanes) is 1. The molecular formula is C15H23N3O4. The fourth-order valence-electron chi connectivity index (χ4n) is 2.01. The molecule has 0 fully saturated rings. The summed E-state index contributed by atoms with van der Waals surface area (Å²) in [7, 11) is 0. The number of carbonyl (C=O) groups is 2. The summed E-state index contributed by atoms with van der Waals surface area (Å²) in [6, 6.07) is 4.54. The Morgan fingerprint density at radius 3 is 2.36 bits per heavy atom. The molecule has 1 aromatic rings. The molecule has 7 N–H and O–H groups in total. The summed E-state index contributed by atoms with van der Waals surface area (Å²) in [4.78, 5) is 23.1. The van der Waals surface area contributed by atoms with Gasteiger partial charge in [-0.05, 0) is 49.9 Å². The van der Waals surface area contributed by atoms with Gasteiger partial charge in [0.1, 0.15) is 11.8 Å². The van der Waals surface area contributed by atoms with Gasteiger partial charge >= 0.3 is 5.97 Å². The van der Waals surface area contributed by atoms with Crippen LogP contribution in [0.1, 0.15) is 24.8 Å². The molecule has 2 atom stereocenters. The molecule has 0 unspecified atom stereocenters. The van der Waals surface area contributed by atoms with Crippen LogP contribution in [0.15, 0.2) is 24.3 Å². The van der Waals surface area contributed by atoms with Crippen molar-refractivity contribution in [2.24, 2.45) is 11.5 Å². The van der Waals surface area contributed by atoms with Crippen molar-refractivity contribution >= 4 is 11.9 Å². The number of nitrogens with two attached hydrogens (primary N) is 2. The minimum Gasteiger partial charge on any atom is -0.508 e. The zero-order chi connectivity index (χ0) is 16.5. The van der Waals surface area contributed by atoms with Gasteiger partial charge in [-0.15, -0.1) is 0 Å². The molecule has 0 aliphatic heterocycles. The van der Waals surface area contributed by atoms with Gasteiger partial charge in [-0.1, -0.05) is 12.1 Å². The van der Waals surface area contributed by atoms with Gasteiger partial charge in [0.05, 0.1) is 6.04 Å². The van der Waals surface area contributed by atoms with E-state index < -0.39 is 24.0 Å². The van der Waals surface area contributed by atoms with E-state index in [0.29, 0.717) is 25.8 Å². The summed E-state index contributed by atoms with van der Waals surface area (Å²) in [5.74, 6) is -1.46. The van der Waals surface area contributed by atoms with Crippen molar-refractivity contribution in [3.63, 3.8) is 0 Å². The molecule has 0 saturated carbocycles. The maximum Gasteiger partial charge on any atom is 0.326 e. The number of rotatable bonds is 9. The van der Waals surface area contributed by atoms with E-state index in [0.717, 1.165) is 5.56 Å². The van der Waals surface area contributed by atoms with Crippen LogP contribution < -0.4 is 16.8 Å². The number of carboxylic acids is 1. The van der Waals surface area contributed by atoms with E-state index in [1.807, 2.05) is 0 Å². The van der Waals surface area contributed by atoms with E-state index in [2.05, 4.69) is 5.32 Å². The molecule has 0 bridgehead atoms. The number of phenolic OH excluding ortho intramolecular Hbond substituents is 1. The highest BCUT2D eigenvalue weighted by Gasteiger charge is 2.22. The van der Waals surface area contributed by atoms with Crippen LogP contribution in [-0.4, -0.2) is 40.7 Å². The average molecular weight is 309 g/mol. The van der Waals surface area contributed by atoms with Gasteiger partial charge in [-0.25, -0.2) is 4.79 Å². The molecule has 122 valence electrons. The minimum atomic E-state index is -1.08. The number of amides is 1. The van der Waals surface area contributed by atoms with Crippen LogP contribution in [-0.2, 0) is 16.0 Å². The topological polar surface area (TPSA) is 139 Å². The summed E-state index contributed by atoms with van der Waals surface area (Å²) in [5.41, 5.74) is 12.0. The van der Waals surface area contributed by atoms with Gasteiger partial charge in [-0.2, -0.15) is 0 Å². The molecule has 0 radical (unpaired) electrons. The van der Waals surface area contributed by atoms with Crippen LogP contribution in [0.2, 0.25) is 0 Å². The summed E-state index contributed by atoms with van der Waals surface area (Å²) >= 11 is 0. The number of carbonyl (C=O) groups excluding carboxylic acids is 1. The van der Waals surface area contributed by atoms with Crippen LogP contribution in [0.5, 0.6) is 5.75 Å². The summed E-state index contributed by atoms with van der Waals surface area (Å²) in [5, 5.41) is 20.8. The Morgan fingerprint density at radius 2 is 1.82 bits per heavy atom. The van der Waals surface area contributed by atoms with Crippen molar-refractivity contribution in [3.8, 4) is 5.75 Å². The molecular weight excluding hydrogens is 286 g/mol. The first-order chi connectivity index (χ1) is 10.4. The Labute approximate surface area is 129 Å². The molecule has 7 heteroatoms. The SMILES string of the molecule is NCCCC[C@H](NC(=O)[C@@H](N)Cc1ccc(O)cc1)C(=O)O. The lowest BCUT2D eigenvalue weighted by Crippen LogP contribution is -2.49. The number of aromatic hydroxyl groups is 1. The predicted octanol–water partition coefficient (Wildman–Crippen LogP) is -0.0396. The fourth-order valence-corrected chi connectivity index (χ4v) is 2.01. The molecule has 1 amide bonds. The summed E-state index contributed by atoms with van der Waals surface area (Å²) in [6.45, 7) is 0.487. The molecule has 0 saturated heterocycles. The largest absolute Gasteiger partial charge is 0.508 e. The third-order valence-corrected chi connectivity index (χ3v) is 3.29. The third kappa shape index (κ3) is 6.11. The van der Waals surface area contributed by atoms with Crippen molar-refractivity contribution < 1.29 is 19.8 Å². The Balaban J connectivity index is 2.53. The number of hydrogen-bond acceptors (Lipinski definition) is 5. The number of phenols is 1. The molecule has 0 aromatic heterocycles. The van der Waals surface area contributed by atoms with Crippen LogP contribution in [0.3, 0.4) is 0 Å². The lowest BCUT2D eigenvalue weighted by Gasteiger charge is -2.18. The van der Waals surface area contributed by atoms with Crippen LogP contribution in [0, 0.1) is 0 Å². The number of benzene rings is 1. The first-order valence-corrected chi connectivity index (χ1v) is 7.20. The van der Waals surface area contributed by atoms with Crippen molar-refractivity contribution in [1.29, 1.82) is 0 Å². The Kier molecular flexibility index (Phi) is 7.34. The van der Waals surface area contributed by atoms with Crippen LogP contribution >= 0.6 is 0 Å². The first kappa shape index (κ1) is 17.9. The molecule has 0 aliphatic rings. The number of carboxylic acid groups (broad SMARTS) is 1. The lowest BCUT2D eigenvalue weighted by molar-refractivity contribution is -0.142. The van der Waals surface area contributed by atoms with Crippen molar-refractivity contribution in [2.75, 3.05) is 6.54 Å². The normalized spacial score (nSPS) is 13.4. The zero-order valence-corrected chi connectivity index (χ0v) is 12.4. The summed E-state index contributed by atoms with van der Waals surface area (Å²) < 4.78 is 0. The van der Waals surface area contributed by atoms with E-state index in [-0.39, 0.29) is 12.2 Å². The van der Waals surface area contributed by atoms with Crippen LogP contribution in [0.25, 0.3) is 0 Å². The van der Waals surface area contributed by atoms with E-state index in [4.69, 9.17) is 16.6 Å². The molecule has 0 spiro atoms. The molecule has 0 heterocycles. The highest BCUT2D eigenvalue weighted by molar-refractivity contribution is 5.86. The number of hydrogen-bond donors (Lipinski definition) is 5. The van der Waals surface area contributed by atoms with Gasteiger partial charge in [0.2, 0.25) is 5.91 Å². The highest BCUT2D eigenvalue weighted by Crippen LogP contribution is 2.11. The zero-order valence-electron chi connectivity index (χ0n) is 12.4. The molecule has 0 aliphatic carbocycles. The second-order valence-electron chi connectivity index (χ2n) is 5.16. The van der Waals surface area contributed by atoms with Gasteiger partial charge in [0, 0.05) is 0 Å². The van der Waals surface area contributed by atoms with Gasteiger partial charge < -0.3 is 27.0 Å². The molecule has 1 rings (SSSR count). The average Bonchev–Trinajstić information content (AvgIpc) is 2.48. The Morgan fingerprint density at radius 1 is 1.18 bits per heavy atom. The Hall–Kier alpha value is -2.12. The fraction of sp³-hybridized carbons (Fsp3) is 0.467. The highest BCUT2D eigenvalue weighted by atomic mass is 16.4. The monoisotopic (exact) mass is 309 g/mol. The van der Waals surface area contributed by atoms with Gasteiger partial charge in [0.25, 0.3) is 0 Å². The number of aliphatic carboxylic acids is 1. The lowest BCUT2D eigenvalue weighted by atomic mass is 10.0. The standard InChI is InChI=1S/C15H23N3O4/c16-8-2-1-3-13(15(21)22)18-14(20)12(17)9-10-4-6-11(19)7-5-10/h4-7,12-13,19H,1-3,8-9,16-17H2,(H,18,20)(H,21,22)/t12-,13-/m0/s1. The van der Waals surface area contributed by atoms with Gasteiger partial charge in [0.15, 0.2) is 0 Å². The van der Waals surface area contributed by atoms with E-state index >= 15 is 0 Å². The third-order valence-electron chi connectivity index (χ3n) is 3.29. The molecule has 22 heavy (non-hydrogen) atoms. The maximum absolute atomic E-state index is 12.0.